The van der Waals surface area contributed by atoms with Crippen LogP contribution in [0.1, 0.15) is 39.5 Å². The van der Waals surface area contributed by atoms with Gasteiger partial charge in [-0.1, -0.05) is 0 Å². The lowest BCUT2D eigenvalue weighted by Crippen LogP contribution is -2.48. The van der Waals surface area contributed by atoms with E-state index in [0.29, 0.717) is 13.0 Å². The van der Waals surface area contributed by atoms with Crippen molar-refractivity contribution in [1.82, 2.24) is 19.6 Å². The summed E-state index contributed by atoms with van der Waals surface area (Å²) in [5.74, 6) is 0.0838. The minimum absolute atomic E-state index is 0.110. The van der Waals surface area contributed by atoms with E-state index in [1.807, 2.05) is 40.6 Å². The summed E-state index contributed by atoms with van der Waals surface area (Å²) in [6.45, 7) is 6.13. The van der Waals surface area contributed by atoms with Crippen molar-refractivity contribution in [2.75, 3.05) is 13.1 Å². The molecule has 1 aromatic heterocycles. The summed E-state index contributed by atoms with van der Waals surface area (Å²) in [5.41, 5.74) is 0. The molecule has 23 heavy (non-hydrogen) atoms. The number of rotatable bonds is 4. The molecule has 3 rings (SSSR count). The highest BCUT2D eigenvalue weighted by Crippen LogP contribution is 2.26. The maximum atomic E-state index is 13.0. The molecule has 3 heterocycles. The SMILES string of the molecule is CC(C)N1C[C@H](C(=O)N2CCCC[C@@H]2Cn2cccn2)CC1=O. The Morgan fingerprint density at radius 1 is 1.39 bits per heavy atom. The number of piperidine rings is 1. The second-order valence-electron chi connectivity index (χ2n) is 6.95. The lowest BCUT2D eigenvalue weighted by molar-refractivity contribution is -0.139. The summed E-state index contributed by atoms with van der Waals surface area (Å²) in [6.07, 6.45) is 7.29. The van der Waals surface area contributed by atoms with Gasteiger partial charge in [0, 0.05) is 37.9 Å². The monoisotopic (exact) mass is 318 g/mol. The van der Waals surface area contributed by atoms with Crippen molar-refractivity contribution in [2.45, 2.75) is 58.2 Å². The molecule has 0 spiro atoms. The maximum Gasteiger partial charge on any atom is 0.228 e. The van der Waals surface area contributed by atoms with Crippen LogP contribution in [0.5, 0.6) is 0 Å². The normalized spacial score (nSPS) is 25.4. The zero-order valence-electron chi connectivity index (χ0n) is 14.0. The van der Waals surface area contributed by atoms with E-state index < -0.39 is 0 Å². The largest absolute Gasteiger partial charge is 0.339 e. The summed E-state index contributed by atoms with van der Waals surface area (Å²) in [7, 11) is 0. The highest BCUT2D eigenvalue weighted by molar-refractivity contribution is 5.89. The van der Waals surface area contributed by atoms with Crippen LogP contribution in [0.3, 0.4) is 0 Å². The van der Waals surface area contributed by atoms with Gasteiger partial charge in [-0.3, -0.25) is 14.3 Å². The van der Waals surface area contributed by atoms with Gasteiger partial charge in [-0.15, -0.1) is 0 Å². The highest BCUT2D eigenvalue weighted by atomic mass is 16.2. The molecule has 0 aromatic carbocycles. The Morgan fingerprint density at radius 2 is 2.22 bits per heavy atom. The fourth-order valence-corrected chi connectivity index (χ4v) is 3.74. The first-order valence-electron chi connectivity index (χ1n) is 8.63. The predicted octanol–water partition coefficient (Wildman–Crippen LogP) is 1.52. The Bertz CT molecular complexity index is 555. The van der Waals surface area contributed by atoms with Gasteiger partial charge in [0.15, 0.2) is 0 Å². The van der Waals surface area contributed by atoms with Crippen LogP contribution in [-0.2, 0) is 16.1 Å². The first-order valence-corrected chi connectivity index (χ1v) is 8.63. The van der Waals surface area contributed by atoms with Gasteiger partial charge in [0.05, 0.1) is 18.5 Å². The van der Waals surface area contributed by atoms with Crippen LogP contribution in [0, 0.1) is 5.92 Å². The number of nitrogens with zero attached hydrogens (tertiary/aromatic N) is 4. The van der Waals surface area contributed by atoms with Gasteiger partial charge in [-0.25, -0.2) is 0 Å². The molecule has 0 saturated carbocycles. The fourth-order valence-electron chi connectivity index (χ4n) is 3.74. The second kappa shape index (κ2) is 6.72. The van der Waals surface area contributed by atoms with E-state index in [2.05, 4.69) is 5.10 Å². The number of likely N-dealkylation sites (tertiary alicyclic amines) is 2. The van der Waals surface area contributed by atoms with Crippen molar-refractivity contribution in [3.8, 4) is 0 Å². The molecule has 0 radical (unpaired) electrons. The zero-order chi connectivity index (χ0) is 16.4. The standard InChI is InChI=1S/C17H26N4O2/c1-13(2)21-11-14(10-16(21)22)17(23)20-9-4-3-6-15(20)12-19-8-5-7-18-19/h5,7-8,13-15H,3-4,6,9-12H2,1-2H3/t14-,15-/m1/s1. The third-order valence-electron chi connectivity index (χ3n) is 5.00. The van der Waals surface area contributed by atoms with Crippen LogP contribution in [0.25, 0.3) is 0 Å². The summed E-state index contributed by atoms with van der Waals surface area (Å²) in [4.78, 5) is 28.9. The van der Waals surface area contributed by atoms with E-state index in [-0.39, 0.29) is 29.8 Å². The summed E-state index contributed by atoms with van der Waals surface area (Å²) >= 11 is 0. The molecular weight excluding hydrogens is 292 g/mol. The number of hydrogen-bond donors (Lipinski definition) is 0. The topological polar surface area (TPSA) is 58.4 Å². The van der Waals surface area contributed by atoms with Crippen LogP contribution in [-0.4, -0.2) is 56.6 Å². The third kappa shape index (κ3) is 3.41. The molecule has 6 nitrogen and oxygen atoms in total. The van der Waals surface area contributed by atoms with Crippen LogP contribution < -0.4 is 0 Å². The van der Waals surface area contributed by atoms with Crippen molar-refractivity contribution in [1.29, 1.82) is 0 Å². The molecule has 0 bridgehead atoms. The fraction of sp³-hybridized carbons (Fsp3) is 0.706. The molecule has 2 aliphatic rings. The van der Waals surface area contributed by atoms with Crippen LogP contribution in [0.4, 0.5) is 0 Å². The molecule has 6 heteroatoms. The lowest BCUT2D eigenvalue weighted by atomic mass is 9.98. The minimum atomic E-state index is -0.178. The average molecular weight is 318 g/mol. The van der Waals surface area contributed by atoms with Gasteiger partial charge in [0.2, 0.25) is 11.8 Å². The highest BCUT2D eigenvalue weighted by Gasteiger charge is 2.39. The second-order valence-corrected chi connectivity index (χ2v) is 6.95. The molecule has 0 N–H and O–H groups in total. The lowest BCUT2D eigenvalue weighted by Gasteiger charge is -2.37. The average Bonchev–Trinajstić information content (AvgIpc) is 3.16. The Hall–Kier alpha value is -1.85. The Labute approximate surface area is 137 Å². The molecule has 0 unspecified atom stereocenters. The molecule has 2 atom stereocenters. The summed E-state index contributed by atoms with van der Waals surface area (Å²) < 4.78 is 1.90. The van der Waals surface area contributed by atoms with Crippen molar-refractivity contribution in [3.05, 3.63) is 18.5 Å². The number of amides is 2. The van der Waals surface area contributed by atoms with E-state index in [0.717, 1.165) is 32.4 Å². The number of aromatic nitrogens is 2. The predicted molar refractivity (Wildman–Crippen MR) is 86.5 cm³/mol. The maximum absolute atomic E-state index is 13.0. The van der Waals surface area contributed by atoms with Crippen LogP contribution >= 0.6 is 0 Å². The molecule has 2 aliphatic heterocycles. The number of carbonyl (C=O) groups is 2. The minimum Gasteiger partial charge on any atom is -0.339 e. The van der Waals surface area contributed by atoms with E-state index in [4.69, 9.17) is 0 Å². The van der Waals surface area contributed by atoms with Crippen molar-refractivity contribution >= 4 is 11.8 Å². The smallest absolute Gasteiger partial charge is 0.228 e. The summed E-state index contributed by atoms with van der Waals surface area (Å²) in [5, 5.41) is 4.27. The van der Waals surface area contributed by atoms with Gasteiger partial charge in [-0.2, -0.15) is 5.10 Å². The molecule has 2 amide bonds. The molecule has 1 aromatic rings. The Balaban J connectivity index is 1.68. The summed E-state index contributed by atoms with van der Waals surface area (Å²) in [6, 6.07) is 2.27. The molecule has 0 aliphatic carbocycles. The van der Waals surface area contributed by atoms with Crippen LogP contribution in [0.15, 0.2) is 18.5 Å². The first kappa shape index (κ1) is 16.0. The van der Waals surface area contributed by atoms with Gasteiger partial charge in [-0.05, 0) is 39.2 Å². The van der Waals surface area contributed by atoms with E-state index >= 15 is 0 Å². The first-order chi connectivity index (χ1) is 11.1. The van der Waals surface area contributed by atoms with Crippen molar-refractivity contribution in [2.24, 2.45) is 5.92 Å². The third-order valence-corrected chi connectivity index (χ3v) is 5.00. The van der Waals surface area contributed by atoms with Gasteiger partial charge >= 0.3 is 0 Å². The van der Waals surface area contributed by atoms with E-state index in [9.17, 15) is 9.59 Å². The Kier molecular flexibility index (Phi) is 4.68. The van der Waals surface area contributed by atoms with Crippen molar-refractivity contribution in [3.63, 3.8) is 0 Å². The van der Waals surface area contributed by atoms with E-state index in [1.54, 1.807) is 6.20 Å². The number of carbonyl (C=O) groups excluding carboxylic acids is 2. The van der Waals surface area contributed by atoms with Crippen LogP contribution in [0.2, 0.25) is 0 Å². The molecule has 126 valence electrons. The zero-order valence-corrected chi connectivity index (χ0v) is 14.0. The van der Waals surface area contributed by atoms with Gasteiger partial charge in [0.1, 0.15) is 0 Å². The molecular formula is C17H26N4O2. The molecule has 2 saturated heterocycles. The van der Waals surface area contributed by atoms with E-state index in [1.165, 1.54) is 0 Å². The molecule has 2 fully saturated rings. The quantitative estimate of drug-likeness (QED) is 0.846. The van der Waals surface area contributed by atoms with Crippen molar-refractivity contribution < 1.29 is 9.59 Å². The Morgan fingerprint density at radius 3 is 2.87 bits per heavy atom. The van der Waals surface area contributed by atoms with Gasteiger partial charge in [0.25, 0.3) is 0 Å². The number of hydrogen-bond acceptors (Lipinski definition) is 3. The van der Waals surface area contributed by atoms with Gasteiger partial charge < -0.3 is 9.80 Å².